The van der Waals surface area contributed by atoms with Gasteiger partial charge in [-0.2, -0.15) is 0 Å². The van der Waals surface area contributed by atoms with E-state index in [1.54, 1.807) is 0 Å². The lowest BCUT2D eigenvalue weighted by molar-refractivity contribution is -0.114. The van der Waals surface area contributed by atoms with Gasteiger partial charge in [-0.25, -0.2) is 4.39 Å². The Bertz CT molecular complexity index is 502. The largest absolute Gasteiger partial charge is 0.305 e. The number of nitrogens with zero attached hydrogens (tertiary/aromatic N) is 1. The number of hydrogen-bond acceptors (Lipinski definition) is 2. The standard InChI is InChI=1S/C12H11ClFNO2/c1-2-3-4-15-10-6-9(14)8(13)5-7(10)11(16)12(15)17/h5-6H,2-4H2,1H3. The maximum atomic E-state index is 13.3. The zero-order valence-corrected chi connectivity index (χ0v) is 10.1. The SMILES string of the molecule is CCCCN1C(=O)C(=O)c2cc(Cl)c(F)cc21. The molecule has 1 heterocycles. The van der Waals surface area contributed by atoms with Crippen molar-refractivity contribution in [1.82, 2.24) is 0 Å². The topological polar surface area (TPSA) is 37.4 Å². The second-order valence-electron chi connectivity index (χ2n) is 3.92. The minimum Gasteiger partial charge on any atom is -0.305 e. The van der Waals surface area contributed by atoms with Crippen LogP contribution in [-0.4, -0.2) is 18.2 Å². The van der Waals surface area contributed by atoms with Crippen LogP contribution in [0.1, 0.15) is 30.1 Å². The lowest BCUT2D eigenvalue weighted by Gasteiger charge is -2.15. The summed E-state index contributed by atoms with van der Waals surface area (Å²) in [6, 6.07) is 2.37. The zero-order valence-electron chi connectivity index (χ0n) is 9.30. The number of Topliss-reactive ketones (excluding diaryl/α,β-unsaturated/α-hetero) is 1. The molecule has 0 atom stereocenters. The molecule has 0 aliphatic carbocycles. The first kappa shape index (κ1) is 12.0. The van der Waals surface area contributed by atoms with Gasteiger partial charge < -0.3 is 4.90 Å². The third-order valence-electron chi connectivity index (χ3n) is 2.75. The van der Waals surface area contributed by atoms with Gasteiger partial charge in [-0.05, 0) is 18.6 Å². The van der Waals surface area contributed by atoms with Gasteiger partial charge in [0.1, 0.15) is 5.82 Å². The van der Waals surface area contributed by atoms with Crippen molar-refractivity contribution in [2.75, 3.05) is 11.4 Å². The molecule has 3 nitrogen and oxygen atoms in total. The van der Waals surface area contributed by atoms with Crippen molar-refractivity contribution in [2.45, 2.75) is 19.8 Å². The average Bonchev–Trinajstić information content (AvgIpc) is 2.52. The summed E-state index contributed by atoms with van der Waals surface area (Å²) >= 11 is 5.60. The monoisotopic (exact) mass is 255 g/mol. The van der Waals surface area contributed by atoms with Crippen LogP contribution < -0.4 is 4.90 Å². The van der Waals surface area contributed by atoms with Gasteiger partial charge in [-0.1, -0.05) is 24.9 Å². The maximum Gasteiger partial charge on any atom is 0.299 e. The summed E-state index contributed by atoms with van der Waals surface area (Å²) in [6.45, 7) is 2.40. The lowest BCUT2D eigenvalue weighted by atomic mass is 10.1. The van der Waals surface area contributed by atoms with Gasteiger partial charge in [-0.3, -0.25) is 9.59 Å². The summed E-state index contributed by atoms with van der Waals surface area (Å²) in [4.78, 5) is 24.7. The van der Waals surface area contributed by atoms with Crippen molar-refractivity contribution >= 4 is 29.0 Å². The highest BCUT2D eigenvalue weighted by atomic mass is 35.5. The van der Waals surface area contributed by atoms with Crippen LogP contribution in [0.25, 0.3) is 0 Å². The number of halogens is 2. The minimum absolute atomic E-state index is 0.137. The molecule has 1 aliphatic heterocycles. The van der Waals surface area contributed by atoms with Gasteiger partial charge >= 0.3 is 0 Å². The molecular weight excluding hydrogens is 245 g/mol. The van der Waals surface area contributed by atoms with Gasteiger partial charge in [0.05, 0.1) is 16.3 Å². The molecule has 0 N–H and O–H groups in total. The van der Waals surface area contributed by atoms with E-state index in [0.717, 1.165) is 18.9 Å². The molecule has 0 radical (unpaired) electrons. The summed E-state index contributed by atoms with van der Waals surface area (Å²) in [5, 5.41) is -0.137. The Labute approximate surface area is 103 Å². The number of rotatable bonds is 3. The maximum absolute atomic E-state index is 13.3. The van der Waals surface area contributed by atoms with Gasteiger partial charge in [-0.15, -0.1) is 0 Å². The quantitative estimate of drug-likeness (QED) is 0.779. The third kappa shape index (κ3) is 1.93. The van der Waals surface area contributed by atoms with Crippen molar-refractivity contribution < 1.29 is 14.0 Å². The summed E-state index contributed by atoms with van der Waals surface area (Å²) < 4.78 is 13.3. The molecule has 1 aliphatic rings. The van der Waals surface area contributed by atoms with E-state index in [4.69, 9.17) is 11.6 Å². The van der Waals surface area contributed by atoms with E-state index >= 15 is 0 Å². The summed E-state index contributed by atoms with van der Waals surface area (Å²) in [6.07, 6.45) is 1.66. The van der Waals surface area contributed by atoms with Crippen LogP contribution in [-0.2, 0) is 4.79 Å². The molecular formula is C12H11ClFNO2. The van der Waals surface area contributed by atoms with Crippen LogP contribution >= 0.6 is 11.6 Å². The molecule has 0 saturated heterocycles. The highest BCUT2D eigenvalue weighted by molar-refractivity contribution is 6.52. The van der Waals surface area contributed by atoms with Crippen LogP contribution in [0.4, 0.5) is 10.1 Å². The molecule has 5 heteroatoms. The first-order chi connectivity index (χ1) is 8.06. The van der Waals surface area contributed by atoms with Crippen LogP contribution in [0, 0.1) is 5.82 Å². The smallest absolute Gasteiger partial charge is 0.299 e. The number of benzene rings is 1. The molecule has 0 aromatic heterocycles. The molecule has 1 aromatic carbocycles. The van der Waals surface area contributed by atoms with Crippen molar-refractivity contribution in [3.05, 3.63) is 28.5 Å². The van der Waals surface area contributed by atoms with E-state index in [-0.39, 0.29) is 10.6 Å². The second-order valence-corrected chi connectivity index (χ2v) is 4.33. The molecule has 0 bridgehead atoms. The van der Waals surface area contributed by atoms with E-state index in [9.17, 15) is 14.0 Å². The van der Waals surface area contributed by atoms with E-state index in [2.05, 4.69) is 0 Å². The Morgan fingerprint density at radius 1 is 1.35 bits per heavy atom. The fourth-order valence-electron chi connectivity index (χ4n) is 1.83. The van der Waals surface area contributed by atoms with Gasteiger partial charge in [0.15, 0.2) is 0 Å². The Kier molecular flexibility index (Phi) is 3.15. The third-order valence-corrected chi connectivity index (χ3v) is 3.04. The predicted octanol–water partition coefficient (Wildman–Crippen LogP) is 2.81. The van der Waals surface area contributed by atoms with Gasteiger partial charge in [0.25, 0.3) is 11.7 Å². The summed E-state index contributed by atoms with van der Waals surface area (Å²) in [5.41, 5.74) is 0.521. The first-order valence-corrected chi connectivity index (χ1v) is 5.79. The number of ketones is 1. The van der Waals surface area contributed by atoms with Crippen LogP contribution in [0.15, 0.2) is 12.1 Å². The van der Waals surface area contributed by atoms with Crippen molar-refractivity contribution in [1.29, 1.82) is 0 Å². The zero-order chi connectivity index (χ0) is 12.6. The predicted molar refractivity (Wildman–Crippen MR) is 63.0 cm³/mol. The second kappa shape index (κ2) is 4.45. The van der Waals surface area contributed by atoms with Crippen LogP contribution in [0.3, 0.4) is 0 Å². The summed E-state index contributed by atoms with van der Waals surface area (Å²) in [5.74, 6) is -1.83. The normalized spacial score (nSPS) is 14.4. The highest BCUT2D eigenvalue weighted by Gasteiger charge is 2.36. The van der Waals surface area contributed by atoms with Crippen LogP contribution in [0.2, 0.25) is 5.02 Å². The highest BCUT2D eigenvalue weighted by Crippen LogP contribution is 2.33. The molecule has 0 fully saturated rings. The van der Waals surface area contributed by atoms with Crippen molar-refractivity contribution in [2.24, 2.45) is 0 Å². The summed E-state index contributed by atoms with van der Waals surface area (Å²) in [7, 11) is 0. The molecule has 1 amide bonds. The Hall–Kier alpha value is -1.42. The molecule has 0 spiro atoms. The van der Waals surface area contributed by atoms with E-state index in [1.165, 1.54) is 11.0 Å². The van der Waals surface area contributed by atoms with Crippen molar-refractivity contribution in [3.8, 4) is 0 Å². The number of anilines is 1. The molecule has 90 valence electrons. The fourth-order valence-corrected chi connectivity index (χ4v) is 1.99. The molecule has 2 rings (SSSR count). The lowest BCUT2D eigenvalue weighted by Crippen LogP contribution is -2.30. The number of carbonyl (C=O) groups is 2. The molecule has 17 heavy (non-hydrogen) atoms. The number of carbonyl (C=O) groups excluding carboxylic acids is 2. The molecule has 0 unspecified atom stereocenters. The van der Waals surface area contributed by atoms with E-state index in [0.29, 0.717) is 12.2 Å². The van der Waals surface area contributed by atoms with Crippen LogP contribution in [0.5, 0.6) is 0 Å². The minimum atomic E-state index is -0.616. The van der Waals surface area contributed by atoms with Gasteiger partial charge in [0, 0.05) is 6.54 Å². The molecule has 0 saturated carbocycles. The first-order valence-electron chi connectivity index (χ1n) is 5.41. The van der Waals surface area contributed by atoms with E-state index < -0.39 is 17.5 Å². The Morgan fingerprint density at radius 2 is 2.06 bits per heavy atom. The van der Waals surface area contributed by atoms with Crippen molar-refractivity contribution in [3.63, 3.8) is 0 Å². The fraction of sp³-hybridized carbons (Fsp3) is 0.333. The average molecular weight is 256 g/mol. The van der Waals surface area contributed by atoms with Gasteiger partial charge in [0.2, 0.25) is 0 Å². The Morgan fingerprint density at radius 3 is 2.71 bits per heavy atom. The molecule has 1 aromatic rings. The number of amides is 1. The Balaban J connectivity index is 2.45. The number of fused-ring (bicyclic) bond motifs is 1. The number of unbranched alkanes of at least 4 members (excludes halogenated alkanes) is 1. The van der Waals surface area contributed by atoms with E-state index in [1.807, 2.05) is 6.92 Å². The number of hydrogen-bond donors (Lipinski definition) is 0.